The Balaban J connectivity index is 1.93. The molecule has 0 fully saturated rings. The fraction of sp³-hybridized carbons (Fsp3) is 0.393. The van der Waals surface area contributed by atoms with Crippen LogP contribution >= 0.6 is 0 Å². The maximum absolute atomic E-state index is 13.3. The molecule has 9 nitrogen and oxygen atoms in total. The van der Waals surface area contributed by atoms with E-state index in [1.165, 1.54) is 6.07 Å². The van der Waals surface area contributed by atoms with Gasteiger partial charge in [0.25, 0.3) is 10.0 Å². The standard InChI is InChI=1S/C28H36N4O5S/c1-17(2)25(27(33)29-7)32(28(34)18(3)4)16-21-12-14-22(15-13-21)23-10-8-9-11-24(23)38(35,36)31-26-19(5)20(6)37-30-26/h8-15,17-18,25H,16H2,1-7H3,(H,29,33)(H,30,31). The molecule has 0 saturated carbocycles. The number of anilines is 1. The molecular formula is C28H36N4O5S. The second-order valence-corrected chi connectivity index (χ2v) is 11.6. The summed E-state index contributed by atoms with van der Waals surface area (Å²) >= 11 is 0. The first-order valence-corrected chi connectivity index (χ1v) is 14.0. The van der Waals surface area contributed by atoms with Gasteiger partial charge < -0.3 is 14.7 Å². The Labute approximate surface area is 224 Å². The van der Waals surface area contributed by atoms with Gasteiger partial charge in [-0.3, -0.25) is 14.3 Å². The van der Waals surface area contributed by atoms with Crippen LogP contribution in [0.25, 0.3) is 11.1 Å². The summed E-state index contributed by atoms with van der Waals surface area (Å²) in [5, 5.41) is 6.49. The molecule has 0 bridgehead atoms. The monoisotopic (exact) mass is 540 g/mol. The highest BCUT2D eigenvalue weighted by molar-refractivity contribution is 7.92. The summed E-state index contributed by atoms with van der Waals surface area (Å²) in [6, 6.07) is 13.4. The van der Waals surface area contributed by atoms with Crippen molar-refractivity contribution < 1.29 is 22.5 Å². The highest BCUT2D eigenvalue weighted by atomic mass is 32.2. The first-order chi connectivity index (χ1) is 17.9. The van der Waals surface area contributed by atoms with Gasteiger partial charge >= 0.3 is 0 Å². The normalized spacial score (nSPS) is 12.4. The van der Waals surface area contributed by atoms with Gasteiger partial charge in [0.15, 0.2) is 5.82 Å². The molecule has 2 aromatic carbocycles. The van der Waals surface area contributed by atoms with Crippen LogP contribution in [0, 0.1) is 25.7 Å². The third-order valence-electron chi connectivity index (χ3n) is 6.44. The fourth-order valence-corrected chi connectivity index (χ4v) is 5.51. The molecule has 0 aliphatic heterocycles. The molecule has 2 N–H and O–H groups in total. The van der Waals surface area contributed by atoms with Gasteiger partial charge in [-0.15, -0.1) is 0 Å². The summed E-state index contributed by atoms with van der Waals surface area (Å²) < 4.78 is 34.1. The molecule has 38 heavy (non-hydrogen) atoms. The molecule has 2 amide bonds. The number of amides is 2. The number of hydrogen-bond acceptors (Lipinski definition) is 6. The number of hydrogen-bond donors (Lipinski definition) is 2. The molecule has 1 atom stereocenters. The zero-order valence-electron chi connectivity index (χ0n) is 22.9. The quantitative estimate of drug-likeness (QED) is 0.390. The van der Waals surface area contributed by atoms with Crippen LogP contribution in [0.2, 0.25) is 0 Å². The van der Waals surface area contributed by atoms with Crippen molar-refractivity contribution in [1.82, 2.24) is 15.4 Å². The van der Waals surface area contributed by atoms with Crippen molar-refractivity contribution >= 4 is 27.7 Å². The Bertz CT molecular complexity index is 1390. The molecule has 0 saturated heterocycles. The van der Waals surface area contributed by atoms with Gasteiger partial charge in [-0.25, -0.2) is 8.42 Å². The smallest absolute Gasteiger partial charge is 0.263 e. The molecule has 0 aliphatic rings. The summed E-state index contributed by atoms with van der Waals surface area (Å²) in [6.45, 7) is 11.1. The van der Waals surface area contributed by atoms with Crippen molar-refractivity contribution in [2.45, 2.75) is 59.0 Å². The van der Waals surface area contributed by atoms with Crippen LogP contribution in [-0.2, 0) is 26.2 Å². The lowest BCUT2D eigenvalue weighted by Gasteiger charge is -2.34. The van der Waals surface area contributed by atoms with Crippen LogP contribution in [0.3, 0.4) is 0 Å². The Morgan fingerprint density at radius 2 is 1.63 bits per heavy atom. The van der Waals surface area contributed by atoms with Crippen molar-refractivity contribution in [2.75, 3.05) is 11.8 Å². The molecule has 1 unspecified atom stereocenters. The molecule has 0 aliphatic carbocycles. The highest BCUT2D eigenvalue weighted by Gasteiger charge is 2.33. The van der Waals surface area contributed by atoms with E-state index in [0.29, 0.717) is 22.5 Å². The van der Waals surface area contributed by atoms with Crippen molar-refractivity contribution in [3.05, 3.63) is 65.4 Å². The number of sulfonamides is 1. The summed E-state index contributed by atoms with van der Waals surface area (Å²) in [6.07, 6.45) is 0. The van der Waals surface area contributed by atoms with Crippen LogP contribution in [0.5, 0.6) is 0 Å². The van der Waals surface area contributed by atoms with Crippen LogP contribution < -0.4 is 10.0 Å². The fourth-order valence-electron chi connectivity index (χ4n) is 4.22. The lowest BCUT2D eigenvalue weighted by molar-refractivity contribution is -0.145. The highest BCUT2D eigenvalue weighted by Crippen LogP contribution is 2.30. The number of aromatic nitrogens is 1. The lowest BCUT2D eigenvalue weighted by atomic mass is 9.98. The average Bonchev–Trinajstić information content (AvgIpc) is 3.19. The van der Waals surface area contributed by atoms with Crippen molar-refractivity contribution in [3.63, 3.8) is 0 Å². The number of likely N-dealkylation sites (N-methyl/N-ethyl adjacent to an activating group) is 1. The van der Waals surface area contributed by atoms with E-state index in [1.807, 2.05) is 52.0 Å². The minimum absolute atomic E-state index is 0.0846. The molecule has 1 aromatic heterocycles. The predicted molar refractivity (Wildman–Crippen MR) is 147 cm³/mol. The molecule has 3 aromatic rings. The van der Waals surface area contributed by atoms with Gasteiger partial charge in [0, 0.05) is 30.6 Å². The number of nitrogens with zero attached hydrogens (tertiary/aromatic N) is 2. The number of carbonyl (C=O) groups is 2. The summed E-state index contributed by atoms with van der Waals surface area (Å²) in [7, 11) is -2.39. The summed E-state index contributed by atoms with van der Waals surface area (Å²) in [4.78, 5) is 27.5. The molecule has 10 heteroatoms. The van der Waals surface area contributed by atoms with E-state index in [1.54, 1.807) is 44.0 Å². The second-order valence-electron chi connectivity index (χ2n) is 9.93. The van der Waals surface area contributed by atoms with Crippen molar-refractivity contribution in [3.8, 4) is 11.1 Å². The summed E-state index contributed by atoms with van der Waals surface area (Å²) in [5.74, 6) is -0.00120. The zero-order chi connectivity index (χ0) is 28.2. The van der Waals surface area contributed by atoms with E-state index in [0.717, 1.165) is 5.56 Å². The Morgan fingerprint density at radius 3 is 2.16 bits per heavy atom. The van der Waals surface area contributed by atoms with E-state index in [2.05, 4.69) is 15.2 Å². The van der Waals surface area contributed by atoms with Gasteiger partial charge in [-0.2, -0.15) is 0 Å². The van der Waals surface area contributed by atoms with Gasteiger partial charge in [0.1, 0.15) is 11.8 Å². The largest absolute Gasteiger partial charge is 0.359 e. The lowest BCUT2D eigenvalue weighted by Crippen LogP contribution is -2.52. The number of rotatable bonds is 10. The predicted octanol–water partition coefficient (Wildman–Crippen LogP) is 4.51. The zero-order valence-corrected chi connectivity index (χ0v) is 23.7. The van der Waals surface area contributed by atoms with Crippen LogP contribution in [0.1, 0.15) is 44.6 Å². The molecular weight excluding hydrogens is 504 g/mol. The number of carbonyl (C=O) groups excluding carboxylic acids is 2. The Morgan fingerprint density at radius 1 is 1.00 bits per heavy atom. The van der Waals surface area contributed by atoms with Crippen LogP contribution in [-0.4, -0.2) is 43.4 Å². The first kappa shape index (κ1) is 28.9. The van der Waals surface area contributed by atoms with Crippen molar-refractivity contribution in [1.29, 1.82) is 0 Å². The SMILES string of the molecule is CNC(=O)C(C(C)C)N(Cc1ccc(-c2ccccc2S(=O)(=O)Nc2noc(C)c2C)cc1)C(=O)C(C)C. The van der Waals surface area contributed by atoms with Crippen LogP contribution in [0.15, 0.2) is 57.9 Å². The third kappa shape index (κ3) is 6.24. The van der Waals surface area contributed by atoms with Gasteiger partial charge in [-0.05, 0) is 37.0 Å². The molecule has 0 radical (unpaired) electrons. The van der Waals surface area contributed by atoms with E-state index in [4.69, 9.17) is 4.52 Å². The van der Waals surface area contributed by atoms with Gasteiger partial charge in [0.05, 0.1) is 4.90 Å². The Kier molecular flexibility index (Phi) is 8.98. The maximum Gasteiger partial charge on any atom is 0.263 e. The Hall–Kier alpha value is -3.66. The van der Waals surface area contributed by atoms with E-state index in [-0.39, 0.29) is 40.9 Å². The second kappa shape index (κ2) is 11.8. The molecule has 0 spiro atoms. The van der Waals surface area contributed by atoms with Crippen molar-refractivity contribution in [2.24, 2.45) is 11.8 Å². The maximum atomic E-state index is 13.3. The van der Waals surface area contributed by atoms with Gasteiger partial charge in [-0.1, -0.05) is 75.3 Å². The molecule has 204 valence electrons. The number of benzene rings is 2. The van der Waals surface area contributed by atoms with E-state index < -0.39 is 16.1 Å². The van der Waals surface area contributed by atoms with Gasteiger partial charge in [0.2, 0.25) is 11.8 Å². The minimum Gasteiger partial charge on any atom is -0.359 e. The minimum atomic E-state index is -3.95. The number of aryl methyl sites for hydroxylation is 1. The summed E-state index contributed by atoms with van der Waals surface area (Å²) in [5.41, 5.74) is 2.65. The first-order valence-electron chi connectivity index (χ1n) is 12.5. The van der Waals surface area contributed by atoms with E-state index >= 15 is 0 Å². The molecule has 1 heterocycles. The molecule has 3 rings (SSSR count). The van der Waals surface area contributed by atoms with E-state index in [9.17, 15) is 18.0 Å². The third-order valence-corrected chi connectivity index (χ3v) is 7.84. The topological polar surface area (TPSA) is 122 Å². The average molecular weight is 541 g/mol. The number of nitrogens with one attached hydrogen (secondary N) is 2. The van der Waals surface area contributed by atoms with Crippen LogP contribution in [0.4, 0.5) is 5.82 Å².